The van der Waals surface area contributed by atoms with E-state index < -0.39 is 21.9 Å². The van der Waals surface area contributed by atoms with E-state index in [2.05, 4.69) is 5.32 Å². The van der Waals surface area contributed by atoms with Gasteiger partial charge in [-0.15, -0.1) is 0 Å². The third kappa shape index (κ3) is 5.33. The Morgan fingerprint density at radius 1 is 1.22 bits per heavy atom. The van der Waals surface area contributed by atoms with Gasteiger partial charge >= 0.3 is 5.97 Å². The number of nitrogens with one attached hydrogen (secondary N) is 1. The van der Waals surface area contributed by atoms with Crippen LogP contribution in [0.1, 0.15) is 27.2 Å². The van der Waals surface area contributed by atoms with Crippen LogP contribution in [-0.4, -0.2) is 44.3 Å². The molecule has 8 heteroatoms. The van der Waals surface area contributed by atoms with Crippen molar-refractivity contribution in [3.05, 3.63) is 24.3 Å². The molecule has 1 aromatic carbocycles. The van der Waals surface area contributed by atoms with Crippen molar-refractivity contribution in [1.29, 1.82) is 0 Å². The normalized spacial score (nSPS) is 11.6. The van der Waals surface area contributed by atoms with E-state index >= 15 is 0 Å². The smallest absolute Gasteiger partial charge is 0.306 e. The van der Waals surface area contributed by atoms with Crippen LogP contribution >= 0.6 is 0 Å². The third-order valence-electron chi connectivity index (χ3n) is 3.20. The zero-order chi connectivity index (χ0) is 17.6. The Labute approximate surface area is 136 Å². The summed E-state index contributed by atoms with van der Waals surface area (Å²) in [6, 6.07) is 5.65. The van der Waals surface area contributed by atoms with Crippen molar-refractivity contribution in [2.75, 3.05) is 19.0 Å². The zero-order valence-corrected chi connectivity index (χ0v) is 14.5. The first-order valence-corrected chi connectivity index (χ1v) is 8.66. The highest BCUT2D eigenvalue weighted by molar-refractivity contribution is 7.89. The lowest BCUT2D eigenvalue weighted by atomic mass is 10.3. The molecular formula is C15H22N2O5S. The van der Waals surface area contributed by atoms with Crippen molar-refractivity contribution in [3.63, 3.8) is 0 Å². The number of anilines is 1. The van der Waals surface area contributed by atoms with E-state index in [0.29, 0.717) is 5.69 Å². The van der Waals surface area contributed by atoms with Crippen LogP contribution in [0, 0.1) is 0 Å². The molecule has 1 rings (SSSR count). The first-order valence-electron chi connectivity index (χ1n) is 7.22. The summed E-state index contributed by atoms with van der Waals surface area (Å²) in [6.07, 6.45) is 0.198. The van der Waals surface area contributed by atoms with E-state index in [-0.39, 0.29) is 24.0 Å². The van der Waals surface area contributed by atoms with Gasteiger partial charge in [0.15, 0.2) is 6.61 Å². The first kappa shape index (κ1) is 19.1. The Balaban J connectivity index is 2.74. The number of sulfonamides is 1. The highest BCUT2D eigenvalue weighted by atomic mass is 32.2. The molecule has 7 nitrogen and oxygen atoms in total. The second-order valence-electron chi connectivity index (χ2n) is 5.20. The van der Waals surface area contributed by atoms with Gasteiger partial charge in [0.1, 0.15) is 0 Å². The van der Waals surface area contributed by atoms with Crippen molar-refractivity contribution in [2.24, 2.45) is 0 Å². The number of nitrogens with zero attached hydrogens (tertiary/aromatic N) is 1. The molecule has 1 aromatic rings. The lowest BCUT2D eigenvalue weighted by Gasteiger charge is -2.21. The van der Waals surface area contributed by atoms with Gasteiger partial charge in [0.2, 0.25) is 10.0 Å². The fourth-order valence-corrected chi connectivity index (χ4v) is 2.97. The summed E-state index contributed by atoms with van der Waals surface area (Å²) in [6.45, 7) is 4.82. The summed E-state index contributed by atoms with van der Waals surface area (Å²) in [4.78, 5) is 22.7. The molecule has 0 aliphatic carbocycles. The zero-order valence-electron chi connectivity index (χ0n) is 13.7. The second-order valence-corrected chi connectivity index (χ2v) is 7.20. The maximum Gasteiger partial charge on any atom is 0.306 e. The van der Waals surface area contributed by atoms with Crippen LogP contribution in [0.5, 0.6) is 0 Å². The molecule has 128 valence electrons. The highest BCUT2D eigenvalue weighted by Gasteiger charge is 2.22. The van der Waals surface area contributed by atoms with Gasteiger partial charge < -0.3 is 10.1 Å². The molecule has 0 radical (unpaired) electrons. The molecule has 0 bridgehead atoms. The van der Waals surface area contributed by atoms with E-state index in [1.165, 1.54) is 35.6 Å². The lowest BCUT2D eigenvalue weighted by Crippen LogP contribution is -2.33. The fraction of sp³-hybridized carbons (Fsp3) is 0.467. The molecule has 0 heterocycles. The molecule has 23 heavy (non-hydrogen) atoms. The number of carbonyl (C=O) groups excluding carboxylic acids is 2. The fourth-order valence-electron chi connectivity index (χ4n) is 1.60. The van der Waals surface area contributed by atoms with Crippen molar-refractivity contribution < 1.29 is 22.7 Å². The molecule has 0 aromatic heterocycles. The third-order valence-corrected chi connectivity index (χ3v) is 5.24. The highest BCUT2D eigenvalue weighted by Crippen LogP contribution is 2.18. The molecule has 1 amide bonds. The minimum absolute atomic E-state index is 0.143. The van der Waals surface area contributed by atoms with E-state index in [1.54, 1.807) is 20.8 Å². The maximum atomic E-state index is 12.3. The number of benzene rings is 1. The van der Waals surface area contributed by atoms with Gasteiger partial charge in [0.05, 0.1) is 4.90 Å². The molecule has 0 atom stereocenters. The van der Waals surface area contributed by atoms with Crippen LogP contribution in [0.3, 0.4) is 0 Å². The molecule has 1 N–H and O–H groups in total. The van der Waals surface area contributed by atoms with Gasteiger partial charge in [-0.25, -0.2) is 8.42 Å². The molecule has 0 unspecified atom stereocenters. The Kier molecular flexibility index (Phi) is 6.71. The van der Waals surface area contributed by atoms with Crippen LogP contribution in [-0.2, 0) is 24.3 Å². The van der Waals surface area contributed by atoms with E-state index in [9.17, 15) is 18.0 Å². The quantitative estimate of drug-likeness (QED) is 0.760. The van der Waals surface area contributed by atoms with Gasteiger partial charge in [-0.3, -0.25) is 9.59 Å². The number of rotatable bonds is 7. The Bertz CT molecular complexity index is 653. The number of hydrogen-bond acceptors (Lipinski definition) is 5. The molecule has 0 saturated carbocycles. The minimum Gasteiger partial charge on any atom is -0.456 e. The van der Waals surface area contributed by atoms with Crippen molar-refractivity contribution in [2.45, 2.75) is 38.1 Å². The first-order chi connectivity index (χ1) is 10.7. The Hall–Kier alpha value is -1.93. The molecule has 0 saturated heterocycles. The average Bonchev–Trinajstić information content (AvgIpc) is 2.52. The topological polar surface area (TPSA) is 92.8 Å². The van der Waals surface area contributed by atoms with Crippen molar-refractivity contribution in [3.8, 4) is 0 Å². The summed E-state index contributed by atoms with van der Waals surface area (Å²) in [5.41, 5.74) is 0.425. The van der Waals surface area contributed by atoms with Crippen LogP contribution in [0.2, 0.25) is 0 Å². The van der Waals surface area contributed by atoms with Crippen LogP contribution in [0.25, 0.3) is 0 Å². The summed E-state index contributed by atoms with van der Waals surface area (Å²) < 4.78 is 30.6. The number of carbonyl (C=O) groups is 2. The molecular weight excluding hydrogens is 320 g/mol. The number of esters is 1. The Morgan fingerprint density at radius 2 is 1.78 bits per heavy atom. The monoisotopic (exact) mass is 342 g/mol. The van der Waals surface area contributed by atoms with Gasteiger partial charge in [0, 0.05) is 25.2 Å². The Morgan fingerprint density at radius 3 is 2.26 bits per heavy atom. The minimum atomic E-state index is -3.56. The summed E-state index contributed by atoms with van der Waals surface area (Å²) in [5, 5.41) is 2.53. The summed E-state index contributed by atoms with van der Waals surface area (Å²) >= 11 is 0. The lowest BCUT2D eigenvalue weighted by molar-refractivity contribution is -0.146. The van der Waals surface area contributed by atoms with Gasteiger partial charge in [-0.1, -0.05) is 6.92 Å². The number of hydrogen-bond donors (Lipinski definition) is 1. The molecule has 0 spiro atoms. The maximum absolute atomic E-state index is 12.3. The van der Waals surface area contributed by atoms with Gasteiger partial charge in [0.25, 0.3) is 5.91 Å². The number of amides is 1. The number of ether oxygens (including phenoxy) is 1. The van der Waals surface area contributed by atoms with Crippen LogP contribution in [0.4, 0.5) is 5.69 Å². The molecule has 0 fully saturated rings. The van der Waals surface area contributed by atoms with Crippen LogP contribution < -0.4 is 5.32 Å². The summed E-state index contributed by atoms with van der Waals surface area (Å²) in [7, 11) is -2.05. The van der Waals surface area contributed by atoms with E-state index in [4.69, 9.17) is 4.74 Å². The predicted octanol–water partition coefficient (Wildman–Crippen LogP) is 1.61. The average molecular weight is 342 g/mol. The van der Waals surface area contributed by atoms with Crippen LogP contribution in [0.15, 0.2) is 29.2 Å². The van der Waals surface area contributed by atoms with Crippen molar-refractivity contribution >= 4 is 27.6 Å². The van der Waals surface area contributed by atoms with Crippen molar-refractivity contribution in [1.82, 2.24) is 4.31 Å². The van der Waals surface area contributed by atoms with E-state index in [0.717, 1.165) is 0 Å². The second kappa shape index (κ2) is 8.07. The largest absolute Gasteiger partial charge is 0.456 e. The summed E-state index contributed by atoms with van der Waals surface area (Å²) in [5.74, 6) is -0.944. The van der Waals surface area contributed by atoms with E-state index in [1.807, 2.05) is 0 Å². The SMILES string of the molecule is CCC(=O)OCC(=O)Nc1ccc(S(=O)(=O)N(C)C(C)C)cc1. The molecule has 0 aliphatic rings. The van der Waals surface area contributed by atoms with Gasteiger partial charge in [-0.2, -0.15) is 4.31 Å². The van der Waals surface area contributed by atoms with Gasteiger partial charge in [-0.05, 0) is 38.1 Å². The standard InChI is InChI=1S/C15H22N2O5S/c1-5-15(19)22-10-14(18)16-12-6-8-13(9-7-12)23(20,21)17(4)11(2)3/h6-9,11H,5,10H2,1-4H3,(H,16,18). The molecule has 0 aliphatic heterocycles. The predicted molar refractivity (Wildman–Crippen MR) is 86.4 cm³/mol.